The first-order valence-corrected chi connectivity index (χ1v) is 6.14. The average Bonchev–Trinajstić information content (AvgIpc) is 2.85. The van der Waals surface area contributed by atoms with Gasteiger partial charge >= 0.3 is 5.97 Å². The van der Waals surface area contributed by atoms with Crippen molar-refractivity contribution in [3.63, 3.8) is 0 Å². The highest BCUT2D eigenvalue weighted by atomic mass is 16.4. The van der Waals surface area contributed by atoms with Crippen molar-refractivity contribution in [1.29, 1.82) is 0 Å². The van der Waals surface area contributed by atoms with E-state index in [0.717, 1.165) is 5.56 Å². The number of imidazole rings is 1. The number of rotatable bonds is 5. The standard InChI is InChI=1S/C14H15N3O3/c1-17-9-15-8-12(17)13(18)16-7-6-10-2-4-11(5-3-10)14(19)20/h2-5,8-9H,6-7H2,1H3,(H,16,18)(H,19,20). The van der Waals surface area contributed by atoms with Crippen LogP contribution in [0.1, 0.15) is 26.4 Å². The van der Waals surface area contributed by atoms with E-state index in [4.69, 9.17) is 5.11 Å². The molecule has 0 unspecified atom stereocenters. The van der Waals surface area contributed by atoms with Gasteiger partial charge < -0.3 is 15.0 Å². The summed E-state index contributed by atoms with van der Waals surface area (Å²) in [6.45, 7) is 0.483. The molecule has 2 N–H and O–H groups in total. The number of aryl methyl sites for hydroxylation is 1. The number of benzene rings is 1. The van der Waals surface area contributed by atoms with Gasteiger partial charge in [-0.15, -0.1) is 0 Å². The van der Waals surface area contributed by atoms with E-state index in [1.807, 2.05) is 0 Å². The Balaban J connectivity index is 1.85. The van der Waals surface area contributed by atoms with Crippen LogP contribution >= 0.6 is 0 Å². The average molecular weight is 273 g/mol. The fraction of sp³-hybridized carbons (Fsp3) is 0.214. The zero-order valence-corrected chi connectivity index (χ0v) is 11.0. The largest absolute Gasteiger partial charge is 0.478 e. The molecule has 0 spiro atoms. The Kier molecular flexibility index (Phi) is 4.14. The van der Waals surface area contributed by atoms with Gasteiger partial charge in [0.05, 0.1) is 18.1 Å². The molecule has 0 aliphatic carbocycles. The molecular formula is C14H15N3O3. The molecule has 20 heavy (non-hydrogen) atoms. The predicted molar refractivity (Wildman–Crippen MR) is 72.6 cm³/mol. The highest BCUT2D eigenvalue weighted by molar-refractivity contribution is 5.92. The van der Waals surface area contributed by atoms with Crippen molar-refractivity contribution in [2.75, 3.05) is 6.54 Å². The molecule has 6 heteroatoms. The summed E-state index contributed by atoms with van der Waals surface area (Å²) in [7, 11) is 1.76. The van der Waals surface area contributed by atoms with Crippen LogP contribution in [0.2, 0.25) is 0 Å². The number of amides is 1. The number of nitrogens with one attached hydrogen (secondary N) is 1. The first kappa shape index (κ1) is 13.8. The summed E-state index contributed by atoms with van der Waals surface area (Å²) in [6.07, 6.45) is 3.72. The second-order valence-corrected chi connectivity index (χ2v) is 4.40. The van der Waals surface area contributed by atoms with Crippen LogP contribution in [-0.4, -0.2) is 33.1 Å². The minimum absolute atomic E-state index is 0.174. The lowest BCUT2D eigenvalue weighted by Crippen LogP contribution is -2.27. The first-order chi connectivity index (χ1) is 9.58. The number of carboxylic acids is 1. The van der Waals surface area contributed by atoms with Gasteiger partial charge in [-0.2, -0.15) is 0 Å². The second-order valence-electron chi connectivity index (χ2n) is 4.40. The third-order valence-electron chi connectivity index (χ3n) is 2.95. The third kappa shape index (κ3) is 3.23. The maximum atomic E-state index is 11.8. The van der Waals surface area contributed by atoms with Gasteiger partial charge in [0.2, 0.25) is 0 Å². The van der Waals surface area contributed by atoms with E-state index in [1.54, 1.807) is 42.2 Å². The van der Waals surface area contributed by atoms with Crippen molar-refractivity contribution < 1.29 is 14.7 Å². The Morgan fingerprint density at radius 3 is 2.55 bits per heavy atom. The fourth-order valence-electron chi connectivity index (χ4n) is 1.80. The number of hydrogen-bond donors (Lipinski definition) is 2. The van der Waals surface area contributed by atoms with Crippen molar-refractivity contribution in [1.82, 2.24) is 14.9 Å². The summed E-state index contributed by atoms with van der Waals surface area (Å²) in [5.74, 6) is -1.12. The van der Waals surface area contributed by atoms with E-state index in [0.29, 0.717) is 18.7 Å². The van der Waals surface area contributed by atoms with E-state index < -0.39 is 5.97 Å². The summed E-state index contributed by atoms with van der Waals surface area (Å²) < 4.78 is 1.65. The molecule has 1 amide bonds. The van der Waals surface area contributed by atoms with E-state index in [-0.39, 0.29) is 11.5 Å². The maximum absolute atomic E-state index is 11.8. The highest BCUT2D eigenvalue weighted by Gasteiger charge is 2.08. The number of aromatic carboxylic acids is 1. The summed E-state index contributed by atoms with van der Waals surface area (Å²) in [5, 5.41) is 11.6. The van der Waals surface area contributed by atoms with Crippen molar-refractivity contribution >= 4 is 11.9 Å². The van der Waals surface area contributed by atoms with E-state index in [2.05, 4.69) is 10.3 Å². The van der Waals surface area contributed by atoms with Crippen molar-refractivity contribution in [3.05, 3.63) is 53.6 Å². The molecule has 1 aromatic carbocycles. The quantitative estimate of drug-likeness (QED) is 0.854. The van der Waals surface area contributed by atoms with Crippen LogP contribution in [-0.2, 0) is 13.5 Å². The van der Waals surface area contributed by atoms with Gasteiger partial charge in [0.25, 0.3) is 5.91 Å². The second kappa shape index (κ2) is 6.01. The van der Waals surface area contributed by atoms with Crippen LogP contribution in [0.5, 0.6) is 0 Å². The first-order valence-electron chi connectivity index (χ1n) is 6.14. The summed E-state index contributed by atoms with van der Waals surface area (Å²) in [6, 6.07) is 6.61. The maximum Gasteiger partial charge on any atom is 0.335 e. The van der Waals surface area contributed by atoms with Gasteiger partial charge in [-0.25, -0.2) is 9.78 Å². The Morgan fingerprint density at radius 1 is 1.30 bits per heavy atom. The topological polar surface area (TPSA) is 84.2 Å². The molecule has 0 saturated heterocycles. The van der Waals surface area contributed by atoms with E-state index in [9.17, 15) is 9.59 Å². The molecule has 104 valence electrons. The number of carbonyl (C=O) groups is 2. The molecule has 1 aromatic heterocycles. The normalized spacial score (nSPS) is 10.2. The van der Waals surface area contributed by atoms with E-state index in [1.165, 1.54) is 6.20 Å². The lowest BCUT2D eigenvalue weighted by Gasteiger charge is -2.06. The summed E-state index contributed by atoms with van der Waals surface area (Å²) in [5.41, 5.74) is 1.74. The van der Waals surface area contributed by atoms with Crippen molar-refractivity contribution in [2.24, 2.45) is 7.05 Å². The lowest BCUT2D eigenvalue weighted by molar-refractivity contribution is 0.0696. The molecule has 0 atom stereocenters. The molecule has 0 saturated carbocycles. The molecule has 1 heterocycles. The van der Waals surface area contributed by atoms with Gasteiger partial charge in [-0.1, -0.05) is 12.1 Å². The van der Waals surface area contributed by atoms with Crippen LogP contribution in [0.4, 0.5) is 0 Å². The van der Waals surface area contributed by atoms with Gasteiger partial charge in [0.1, 0.15) is 5.69 Å². The van der Waals surface area contributed by atoms with Crippen LogP contribution < -0.4 is 5.32 Å². The minimum Gasteiger partial charge on any atom is -0.478 e. The predicted octanol–water partition coefficient (Wildman–Crippen LogP) is 1.09. The Hall–Kier alpha value is -2.63. The SMILES string of the molecule is Cn1cncc1C(=O)NCCc1ccc(C(=O)O)cc1. The lowest BCUT2D eigenvalue weighted by atomic mass is 10.1. The minimum atomic E-state index is -0.943. The van der Waals surface area contributed by atoms with Crippen molar-refractivity contribution in [2.45, 2.75) is 6.42 Å². The Morgan fingerprint density at radius 2 is 2.00 bits per heavy atom. The molecule has 2 rings (SSSR count). The van der Waals surface area contributed by atoms with E-state index >= 15 is 0 Å². The number of carbonyl (C=O) groups excluding carboxylic acids is 1. The zero-order valence-electron chi connectivity index (χ0n) is 11.0. The molecule has 6 nitrogen and oxygen atoms in total. The van der Waals surface area contributed by atoms with Crippen LogP contribution in [0, 0.1) is 0 Å². The van der Waals surface area contributed by atoms with Gasteiger partial charge in [-0.3, -0.25) is 4.79 Å². The molecular weight excluding hydrogens is 258 g/mol. The number of hydrogen-bond acceptors (Lipinski definition) is 3. The fourth-order valence-corrected chi connectivity index (χ4v) is 1.80. The van der Waals surface area contributed by atoms with Crippen molar-refractivity contribution in [3.8, 4) is 0 Å². The zero-order chi connectivity index (χ0) is 14.5. The smallest absolute Gasteiger partial charge is 0.335 e. The summed E-state index contributed by atoms with van der Waals surface area (Å²) in [4.78, 5) is 26.4. The summed E-state index contributed by atoms with van der Waals surface area (Å²) >= 11 is 0. The number of carboxylic acid groups (broad SMARTS) is 1. The molecule has 0 fully saturated rings. The third-order valence-corrected chi connectivity index (χ3v) is 2.95. The van der Waals surface area contributed by atoms with Crippen LogP contribution in [0.15, 0.2) is 36.8 Å². The monoisotopic (exact) mass is 273 g/mol. The number of aromatic nitrogens is 2. The Labute approximate surface area is 116 Å². The molecule has 2 aromatic rings. The molecule has 0 radical (unpaired) electrons. The van der Waals surface area contributed by atoms with Gasteiger partial charge in [0, 0.05) is 13.6 Å². The molecule has 0 aliphatic heterocycles. The van der Waals surface area contributed by atoms with Crippen LogP contribution in [0.25, 0.3) is 0 Å². The van der Waals surface area contributed by atoms with Crippen LogP contribution in [0.3, 0.4) is 0 Å². The highest BCUT2D eigenvalue weighted by Crippen LogP contribution is 2.05. The number of nitrogens with zero attached hydrogens (tertiary/aromatic N) is 2. The Bertz CT molecular complexity index is 617. The molecule has 0 aliphatic rings. The molecule has 0 bridgehead atoms. The van der Waals surface area contributed by atoms with Gasteiger partial charge in [-0.05, 0) is 24.1 Å². The van der Waals surface area contributed by atoms with Gasteiger partial charge in [0.15, 0.2) is 0 Å².